The second-order valence-corrected chi connectivity index (χ2v) is 7.13. The molecule has 0 bridgehead atoms. The number of aromatic carboxylic acids is 1. The molecule has 0 saturated carbocycles. The van der Waals surface area contributed by atoms with Crippen LogP contribution in [-0.2, 0) is 5.79 Å². The van der Waals surface area contributed by atoms with Crippen LogP contribution >= 0.6 is 0 Å². The summed E-state index contributed by atoms with van der Waals surface area (Å²) in [7, 11) is 0. The lowest BCUT2D eigenvalue weighted by atomic mass is 9.83. The first-order chi connectivity index (χ1) is 14.9. The molecule has 3 aromatic carbocycles. The minimum absolute atomic E-state index is 0.101. The van der Waals surface area contributed by atoms with Gasteiger partial charge < -0.3 is 46.0 Å². The number of aromatic hydroxyl groups is 3. The van der Waals surface area contributed by atoms with E-state index in [1.54, 1.807) is 0 Å². The zero-order valence-corrected chi connectivity index (χ0v) is 16.3. The lowest BCUT2D eigenvalue weighted by Crippen LogP contribution is -2.56. The second kappa shape index (κ2) is 8.11. The van der Waals surface area contributed by atoms with Crippen LogP contribution in [0.1, 0.15) is 27.6 Å². The molecule has 168 valence electrons. The first kappa shape index (κ1) is 23.0. The number of aliphatic hydroxyl groups is 5. The summed E-state index contributed by atoms with van der Waals surface area (Å²) in [6.45, 7) is 0. The summed E-state index contributed by atoms with van der Waals surface area (Å²) in [4.78, 5) is 11.8. The van der Waals surface area contributed by atoms with Gasteiger partial charge in [-0.1, -0.05) is 30.3 Å². The average molecular weight is 444 g/mol. The van der Waals surface area contributed by atoms with E-state index in [2.05, 4.69) is 0 Å². The number of hydrogen-bond donors (Lipinski definition) is 9. The van der Waals surface area contributed by atoms with Gasteiger partial charge in [-0.2, -0.15) is 0 Å². The van der Waals surface area contributed by atoms with Crippen LogP contribution in [0, 0.1) is 0 Å². The van der Waals surface area contributed by atoms with Crippen molar-refractivity contribution in [2.75, 3.05) is 0 Å². The predicted molar refractivity (Wildman–Crippen MR) is 109 cm³/mol. The van der Waals surface area contributed by atoms with Gasteiger partial charge in [0.05, 0.1) is 5.56 Å². The SMILES string of the molecule is O=C(O)c1cccc(C(O)(O)C(O)(O)[C@H](O)c2ccc(O)cc2)c1-c1ccc(O)c(O)c1. The minimum Gasteiger partial charge on any atom is -0.508 e. The summed E-state index contributed by atoms with van der Waals surface area (Å²) in [6, 6.07) is 10.8. The fourth-order valence-corrected chi connectivity index (χ4v) is 3.29. The number of benzene rings is 3. The average Bonchev–Trinajstić information content (AvgIpc) is 2.75. The summed E-state index contributed by atoms with van der Waals surface area (Å²) in [5, 5.41) is 91.6. The molecule has 1 atom stereocenters. The zero-order valence-electron chi connectivity index (χ0n) is 16.3. The van der Waals surface area contributed by atoms with E-state index in [0.717, 1.165) is 54.6 Å². The first-order valence-electron chi connectivity index (χ1n) is 9.13. The predicted octanol–water partition coefficient (Wildman–Crippen LogP) is 0.720. The molecule has 9 N–H and O–H groups in total. The van der Waals surface area contributed by atoms with Gasteiger partial charge in [0.1, 0.15) is 11.9 Å². The molecule has 0 aliphatic heterocycles. The molecule has 0 spiro atoms. The summed E-state index contributed by atoms with van der Waals surface area (Å²) < 4.78 is 0. The molecule has 0 radical (unpaired) electrons. The summed E-state index contributed by atoms with van der Waals surface area (Å²) >= 11 is 0. The standard InChI is InChI=1S/C22H20O10/c23-13-7-4-11(5-8-13)19(26)22(31,32)21(29,30)15-3-1-2-14(20(27)28)18(15)12-6-9-16(24)17(25)10-12/h1-10,19,23-26,29-32H,(H,27,28)/t19-/m1/s1. The van der Waals surface area contributed by atoms with E-state index in [-0.39, 0.29) is 16.9 Å². The van der Waals surface area contributed by atoms with Crippen LogP contribution in [0.2, 0.25) is 0 Å². The number of hydrogen-bond acceptors (Lipinski definition) is 9. The minimum atomic E-state index is -3.67. The molecule has 3 rings (SSSR count). The highest BCUT2D eigenvalue weighted by Gasteiger charge is 2.55. The first-order valence-corrected chi connectivity index (χ1v) is 9.13. The Labute approximate surface area is 180 Å². The van der Waals surface area contributed by atoms with Gasteiger partial charge >= 0.3 is 5.97 Å². The van der Waals surface area contributed by atoms with Crippen LogP contribution in [0.4, 0.5) is 0 Å². The van der Waals surface area contributed by atoms with Gasteiger partial charge in [-0.15, -0.1) is 0 Å². The number of phenols is 3. The van der Waals surface area contributed by atoms with Crippen molar-refractivity contribution in [1.29, 1.82) is 0 Å². The maximum Gasteiger partial charge on any atom is 0.336 e. The van der Waals surface area contributed by atoms with E-state index < -0.39 is 51.8 Å². The molecular formula is C22H20O10. The van der Waals surface area contributed by atoms with E-state index in [4.69, 9.17) is 0 Å². The Balaban J connectivity index is 2.22. The van der Waals surface area contributed by atoms with Crippen molar-refractivity contribution in [3.8, 4) is 28.4 Å². The molecule has 10 heteroatoms. The monoisotopic (exact) mass is 444 g/mol. The van der Waals surface area contributed by atoms with Crippen molar-refractivity contribution >= 4 is 5.97 Å². The molecule has 0 heterocycles. The van der Waals surface area contributed by atoms with Crippen LogP contribution in [0.15, 0.2) is 60.7 Å². The maximum absolute atomic E-state index is 11.8. The molecule has 0 amide bonds. The van der Waals surface area contributed by atoms with Crippen LogP contribution in [0.3, 0.4) is 0 Å². The quantitative estimate of drug-likeness (QED) is 0.193. The van der Waals surface area contributed by atoms with Crippen molar-refractivity contribution in [2.45, 2.75) is 17.7 Å². The Kier molecular flexibility index (Phi) is 5.83. The summed E-state index contributed by atoms with van der Waals surface area (Å²) in [6.07, 6.45) is -2.31. The molecule has 0 aromatic heterocycles. The van der Waals surface area contributed by atoms with Crippen molar-refractivity contribution in [3.63, 3.8) is 0 Å². The number of carboxylic acids is 1. The molecule has 0 unspecified atom stereocenters. The molecule has 3 aromatic rings. The molecule has 10 nitrogen and oxygen atoms in total. The normalized spacial score (nSPS) is 13.0. The van der Waals surface area contributed by atoms with Crippen LogP contribution in [0.5, 0.6) is 17.2 Å². The number of carboxylic acid groups (broad SMARTS) is 1. The van der Waals surface area contributed by atoms with E-state index in [1.807, 2.05) is 0 Å². The van der Waals surface area contributed by atoms with Gasteiger partial charge in [-0.3, -0.25) is 0 Å². The third-order valence-electron chi connectivity index (χ3n) is 5.04. The van der Waals surface area contributed by atoms with Gasteiger partial charge in [0.15, 0.2) is 11.5 Å². The highest BCUT2D eigenvalue weighted by Crippen LogP contribution is 2.44. The van der Waals surface area contributed by atoms with Crippen LogP contribution in [-0.4, -0.2) is 57.7 Å². The van der Waals surface area contributed by atoms with Crippen LogP contribution in [0.25, 0.3) is 11.1 Å². The highest BCUT2D eigenvalue weighted by atomic mass is 16.6. The fourth-order valence-electron chi connectivity index (χ4n) is 3.29. The molecular weight excluding hydrogens is 424 g/mol. The van der Waals surface area contributed by atoms with Gasteiger partial charge in [0.2, 0.25) is 5.79 Å². The van der Waals surface area contributed by atoms with Crippen molar-refractivity contribution in [2.24, 2.45) is 0 Å². The third-order valence-corrected chi connectivity index (χ3v) is 5.04. The molecule has 0 saturated heterocycles. The highest BCUT2D eigenvalue weighted by molar-refractivity contribution is 5.97. The molecule has 0 aliphatic rings. The number of carbonyl (C=O) groups is 1. The Hall–Kier alpha value is -3.67. The molecule has 32 heavy (non-hydrogen) atoms. The van der Waals surface area contributed by atoms with E-state index in [1.165, 1.54) is 6.07 Å². The lowest BCUT2D eigenvalue weighted by Gasteiger charge is -2.39. The maximum atomic E-state index is 11.8. The van der Waals surface area contributed by atoms with Crippen molar-refractivity contribution in [3.05, 3.63) is 77.4 Å². The summed E-state index contributed by atoms with van der Waals surface area (Å²) in [5.41, 5.74) is -1.92. The Morgan fingerprint density at radius 3 is 2.00 bits per heavy atom. The van der Waals surface area contributed by atoms with Crippen molar-refractivity contribution < 1.29 is 50.8 Å². The van der Waals surface area contributed by atoms with Crippen molar-refractivity contribution in [1.82, 2.24) is 0 Å². The summed E-state index contributed by atoms with van der Waals surface area (Å²) in [5.74, 6) is -10.2. The Bertz CT molecular complexity index is 1150. The largest absolute Gasteiger partial charge is 0.508 e. The third kappa shape index (κ3) is 3.84. The lowest BCUT2D eigenvalue weighted by molar-refractivity contribution is -0.395. The number of rotatable bonds is 6. The van der Waals surface area contributed by atoms with E-state index in [9.17, 15) is 50.8 Å². The Morgan fingerprint density at radius 1 is 0.812 bits per heavy atom. The fraction of sp³-hybridized carbons (Fsp3) is 0.136. The van der Waals surface area contributed by atoms with Gasteiger partial charge in [-0.05, 0) is 41.5 Å². The Morgan fingerprint density at radius 2 is 1.44 bits per heavy atom. The van der Waals surface area contributed by atoms with Gasteiger partial charge in [0.25, 0.3) is 5.79 Å². The van der Waals surface area contributed by atoms with E-state index >= 15 is 0 Å². The van der Waals surface area contributed by atoms with Gasteiger partial charge in [-0.25, -0.2) is 4.79 Å². The smallest absolute Gasteiger partial charge is 0.336 e. The molecule has 0 aliphatic carbocycles. The molecule has 0 fully saturated rings. The van der Waals surface area contributed by atoms with Gasteiger partial charge in [0, 0.05) is 11.1 Å². The number of aliphatic hydroxyl groups excluding tert-OH is 1. The zero-order chi connectivity index (χ0) is 23.8. The van der Waals surface area contributed by atoms with E-state index in [0.29, 0.717) is 0 Å². The number of phenolic OH excluding ortho intramolecular Hbond substituents is 3. The second-order valence-electron chi connectivity index (χ2n) is 7.13. The van der Waals surface area contributed by atoms with Crippen LogP contribution < -0.4 is 0 Å². The topological polar surface area (TPSA) is 199 Å².